The Morgan fingerprint density at radius 1 is 1.38 bits per heavy atom. The van der Waals surface area contributed by atoms with Crippen LogP contribution in [0.3, 0.4) is 0 Å². The topological polar surface area (TPSA) is 45.0 Å². The molecule has 0 bridgehead atoms. The number of ether oxygens (including phenoxy) is 1. The molecule has 0 heterocycles. The van der Waals surface area contributed by atoms with Gasteiger partial charge in [-0.25, -0.2) is 0 Å². The summed E-state index contributed by atoms with van der Waals surface area (Å²) in [6.45, 7) is 6.87. The van der Waals surface area contributed by atoms with Crippen molar-refractivity contribution in [3.05, 3.63) is 0 Å². The predicted octanol–water partition coefficient (Wildman–Crippen LogP) is 2.47. The Kier molecular flexibility index (Phi) is 5.79. The van der Waals surface area contributed by atoms with Gasteiger partial charge in [-0.2, -0.15) is 5.26 Å². The zero-order valence-corrected chi connectivity index (χ0v) is 10.7. The lowest BCUT2D eigenvalue weighted by atomic mass is 9.88. The van der Waals surface area contributed by atoms with E-state index in [4.69, 9.17) is 10.00 Å². The Hall–Kier alpha value is -0.590. The molecule has 1 fully saturated rings. The van der Waals surface area contributed by atoms with Crippen molar-refractivity contribution < 1.29 is 4.74 Å². The third kappa shape index (κ3) is 4.51. The van der Waals surface area contributed by atoms with Gasteiger partial charge in [-0.05, 0) is 32.6 Å². The Morgan fingerprint density at radius 3 is 2.62 bits per heavy atom. The maximum Gasteiger partial charge on any atom is 0.119 e. The minimum Gasteiger partial charge on any atom is -0.375 e. The molecule has 3 nitrogen and oxygen atoms in total. The lowest BCUT2D eigenvalue weighted by Crippen LogP contribution is -2.39. The normalized spacial score (nSPS) is 27.7. The van der Waals surface area contributed by atoms with Crippen molar-refractivity contribution in [2.75, 3.05) is 6.61 Å². The average Bonchev–Trinajstić information content (AvgIpc) is 2.25. The molecule has 0 amide bonds. The second kappa shape index (κ2) is 6.88. The molecule has 1 N–H and O–H groups in total. The van der Waals surface area contributed by atoms with Crippen molar-refractivity contribution >= 4 is 0 Å². The maximum atomic E-state index is 8.98. The summed E-state index contributed by atoms with van der Waals surface area (Å²) in [7, 11) is 0. The minimum absolute atomic E-state index is 0.172. The Balaban J connectivity index is 2.28. The first-order chi connectivity index (χ1) is 7.63. The minimum atomic E-state index is -0.172. The molecule has 1 aliphatic rings. The molecule has 0 spiro atoms. The van der Waals surface area contributed by atoms with Gasteiger partial charge in [-0.3, -0.25) is 5.32 Å². The fourth-order valence-electron chi connectivity index (χ4n) is 2.27. The van der Waals surface area contributed by atoms with Crippen LogP contribution in [0.15, 0.2) is 0 Å². The monoisotopic (exact) mass is 224 g/mol. The fraction of sp³-hybridized carbons (Fsp3) is 0.923. The van der Waals surface area contributed by atoms with Crippen molar-refractivity contribution in [3.63, 3.8) is 0 Å². The van der Waals surface area contributed by atoms with E-state index in [0.717, 1.165) is 6.42 Å². The van der Waals surface area contributed by atoms with E-state index >= 15 is 0 Å². The standard InChI is InChI=1S/C13H24N2O/c1-10(2)15-12(8-14)9-16-13-7-5-4-6-11(13)3/h10-13,15H,4-7,9H2,1-3H3. The first kappa shape index (κ1) is 13.5. The summed E-state index contributed by atoms with van der Waals surface area (Å²) in [5.74, 6) is 0.646. The highest BCUT2D eigenvalue weighted by atomic mass is 16.5. The van der Waals surface area contributed by atoms with Gasteiger partial charge in [-0.1, -0.05) is 19.8 Å². The highest BCUT2D eigenvalue weighted by Gasteiger charge is 2.23. The van der Waals surface area contributed by atoms with E-state index in [-0.39, 0.29) is 6.04 Å². The lowest BCUT2D eigenvalue weighted by Gasteiger charge is -2.29. The molecule has 0 aromatic heterocycles. The Morgan fingerprint density at radius 2 is 2.06 bits per heavy atom. The van der Waals surface area contributed by atoms with Crippen LogP contribution in [0, 0.1) is 17.2 Å². The summed E-state index contributed by atoms with van der Waals surface area (Å²) in [5.41, 5.74) is 0. The summed E-state index contributed by atoms with van der Waals surface area (Å²) in [4.78, 5) is 0. The van der Waals surface area contributed by atoms with Crippen molar-refractivity contribution in [2.45, 2.75) is 64.6 Å². The fourth-order valence-corrected chi connectivity index (χ4v) is 2.27. The highest BCUT2D eigenvalue weighted by molar-refractivity contribution is 4.91. The maximum absolute atomic E-state index is 8.98. The van der Waals surface area contributed by atoms with Crippen molar-refractivity contribution in [1.29, 1.82) is 5.26 Å². The molecule has 0 aliphatic heterocycles. The van der Waals surface area contributed by atoms with Gasteiger partial charge >= 0.3 is 0 Å². The molecule has 0 saturated heterocycles. The van der Waals surface area contributed by atoms with E-state index in [0.29, 0.717) is 24.7 Å². The molecule has 92 valence electrons. The number of nitrogens with one attached hydrogen (secondary N) is 1. The number of hydrogen-bond donors (Lipinski definition) is 1. The molecule has 0 aromatic carbocycles. The molecular weight excluding hydrogens is 200 g/mol. The number of hydrogen-bond acceptors (Lipinski definition) is 3. The number of rotatable bonds is 5. The van der Waals surface area contributed by atoms with Gasteiger partial charge in [0.05, 0.1) is 18.8 Å². The van der Waals surface area contributed by atoms with Gasteiger partial charge in [0.25, 0.3) is 0 Å². The van der Waals surface area contributed by atoms with E-state index in [1.54, 1.807) is 0 Å². The third-order valence-electron chi connectivity index (χ3n) is 3.20. The molecule has 3 heteroatoms. The van der Waals surface area contributed by atoms with E-state index in [1.165, 1.54) is 19.3 Å². The second-order valence-electron chi connectivity index (χ2n) is 5.14. The van der Waals surface area contributed by atoms with Crippen molar-refractivity contribution in [1.82, 2.24) is 5.32 Å². The largest absolute Gasteiger partial charge is 0.375 e. The molecule has 3 unspecified atom stereocenters. The molecular formula is C13H24N2O. The Labute approximate surface area is 99.2 Å². The lowest BCUT2D eigenvalue weighted by molar-refractivity contribution is -0.0101. The SMILES string of the molecule is CC(C)NC(C#N)COC1CCCCC1C. The summed E-state index contributed by atoms with van der Waals surface area (Å²) < 4.78 is 5.86. The average molecular weight is 224 g/mol. The van der Waals surface area contributed by atoms with Crippen LogP contribution in [0.2, 0.25) is 0 Å². The summed E-state index contributed by atoms with van der Waals surface area (Å²) >= 11 is 0. The van der Waals surface area contributed by atoms with Crippen LogP contribution in [0.1, 0.15) is 46.5 Å². The van der Waals surface area contributed by atoms with Crippen LogP contribution in [-0.4, -0.2) is 24.8 Å². The number of nitriles is 1. The smallest absolute Gasteiger partial charge is 0.119 e. The molecule has 3 atom stereocenters. The Bertz CT molecular complexity index is 235. The van der Waals surface area contributed by atoms with Crippen molar-refractivity contribution in [3.8, 4) is 6.07 Å². The van der Waals surface area contributed by atoms with Gasteiger partial charge in [0.1, 0.15) is 6.04 Å². The molecule has 1 aliphatic carbocycles. The van der Waals surface area contributed by atoms with Gasteiger partial charge < -0.3 is 4.74 Å². The van der Waals surface area contributed by atoms with Crippen molar-refractivity contribution in [2.24, 2.45) is 5.92 Å². The number of nitrogens with zero attached hydrogens (tertiary/aromatic N) is 1. The molecule has 0 aromatic rings. The van der Waals surface area contributed by atoms with Crippen LogP contribution in [0.5, 0.6) is 0 Å². The van der Waals surface area contributed by atoms with Crippen LogP contribution in [0.4, 0.5) is 0 Å². The zero-order chi connectivity index (χ0) is 12.0. The van der Waals surface area contributed by atoms with E-state index in [1.807, 2.05) is 13.8 Å². The summed E-state index contributed by atoms with van der Waals surface area (Å²) in [5, 5.41) is 12.2. The van der Waals surface area contributed by atoms with E-state index < -0.39 is 0 Å². The predicted molar refractivity (Wildman–Crippen MR) is 65.0 cm³/mol. The molecule has 16 heavy (non-hydrogen) atoms. The van der Waals surface area contributed by atoms with Gasteiger partial charge in [0.15, 0.2) is 0 Å². The van der Waals surface area contributed by atoms with Gasteiger partial charge in [-0.15, -0.1) is 0 Å². The molecule has 0 radical (unpaired) electrons. The first-order valence-corrected chi connectivity index (χ1v) is 6.40. The first-order valence-electron chi connectivity index (χ1n) is 6.40. The third-order valence-corrected chi connectivity index (χ3v) is 3.20. The quantitative estimate of drug-likeness (QED) is 0.780. The van der Waals surface area contributed by atoms with Crippen LogP contribution >= 0.6 is 0 Å². The zero-order valence-electron chi connectivity index (χ0n) is 10.7. The molecule has 1 saturated carbocycles. The summed E-state index contributed by atoms with van der Waals surface area (Å²) in [6.07, 6.45) is 5.37. The van der Waals surface area contributed by atoms with Gasteiger partial charge in [0, 0.05) is 6.04 Å². The van der Waals surface area contributed by atoms with Crippen LogP contribution in [-0.2, 0) is 4.74 Å². The highest BCUT2D eigenvalue weighted by Crippen LogP contribution is 2.26. The van der Waals surface area contributed by atoms with Gasteiger partial charge in [0.2, 0.25) is 0 Å². The second-order valence-corrected chi connectivity index (χ2v) is 5.14. The summed E-state index contributed by atoms with van der Waals surface area (Å²) in [6, 6.07) is 2.41. The molecule has 1 rings (SSSR count). The van der Waals surface area contributed by atoms with E-state index in [2.05, 4.69) is 18.3 Å². The van der Waals surface area contributed by atoms with E-state index in [9.17, 15) is 0 Å². The van der Waals surface area contributed by atoms with Crippen LogP contribution < -0.4 is 5.32 Å². The van der Waals surface area contributed by atoms with Crippen LogP contribution in [0.25, 0.3) is 0 Å².